The van der Waals surface area contributed by atoms with E-state index in [0.717, 1.165) is 5.69 Å². The van der Waals surface area contributed by atoms with Gasteiger partial charge in [0.25, 0.3) is 12.4 Å². The molecule has 12 nitrogen and oxygen atoms in total. The summed E-state index contributed by atoms with van der Waals surface area (Å²) in [5, 5.41) is 13.8. The highest BCUT2D eigenvalue weighted by Crippen LogP contribution is 2.29. The molecule has 0 bridgehead atoms. The Hall–Kier alpha value is -3.48. The Bertz CT molecular complexity index is 1190. The molecule has 1 amide bonds. The minimum absolute atomic E-state index is 0.0726. The van der Waals surface area contributed by atoms with Crippen molar-refractivity contribution in [3.63, 3.8) is 0 Å². The first kappa shape index (κ1) is 22.2. The lowest BCUT2D eigenvalue weighted by atomic mass is 10.1. The number of aromatic amines is 1. The first-order valence-corrected chi connectivity index (χ1v) is 11.1. The van der Waals surface area contributed by atoms with E-state index in [9.17, 15) is 13.2 Å². The summed E-state index contributed by atoms with van der Waals surface area (Å²) in [6, 6.07) is -1.05. The Balaban J connectivity index is 0.000000858. The van der Waals surface area contributed by atoms with E-state index in [0.29, 0.717) is 22.8 Å². The van der Waals surface area contributed by atoms with Gasteiger partial charge in [-0.2, -0.15) is 5.10 Å². The van der Waals surface area contributed by atoms with Crippen LogP contribution in [0.4, 0.5) is 0 Å². The SMILES string of the molecule is Cc1[nH]cnc1-c1nccn1[C@@H]1CS(=O)(=O)C[C@H]1NC(=O)c1cnn(C)c1C.O=CO. The number of H-pyrrole nitrogens is 1. The lowest BCUT2D eigenvalue weighted by Crippen LogP contribution is -2.41. The standard InChI is InChI=1S/C17H21N7O3S.CH2O2/c1-10-15(20-9-19-10)16-18-4-5-24(16)14-8-28(26,27)7-13(14)22-17(25)12-6-21-23(3)11(12)2;2-1-3/h4-6,9,13-14H,7-8H2,1-3H3,(H,19,20)(H,22,25);1H,(H,2,3)/t13-,14-;/m1./s1. The van der Waals surface area contributed by atoms with Crippen molar-refractivity contribution in [1.82, 2.24) is 34.6 Å². The highest BCUT2D eigenvalue weighted by Gasteiger charge is 2.41. The molecule has 0 spiro atoms. The molecule has 1 aliphatic heterocycles. The molecule has 0 unspecified atom stereocenters. The number of amides is 1. The number of aromatic nitrogens is 6. The highest BCUT2D eigenvalue weighted by atomic mass is 32.2. The molecule has 0 radical (unpaired) electrons. The van der Waals surface area contributed by atoms with Gasteiger partial charge in [-0.1, -0.05) is 0 Å². The van der Waals surface area contributed by atoms with Crippen LogP contribution in [0.3, 0.4) is 0 Å². The molecule has 0 saturated carbocycles. The molecule has 166 valence electrons. The van der Waals surface area contributed by atoms with Crippen molar-refractivity contribution in [2.24, 2.45) is 7.05 Å². The van der Waals surface area contributed by atoms with Crippen LogP contribution < -0.4 is 5.32 Å². The van der Waals surface area contributed by atoms with E-state index in [4.69, 9.17) is 9.90 Å². The van der Waals surface area contributed by atoms with Crippen LogP contribution in [0.15, 0.2) is 24.9 Å². The van der Waals surface area contributed by atoms with Crippen molar-refractivity contribution in [2.45, 2.75) is 25.9 Å². The largest absolute Gasteiger partial charge is 0.483 e. The number of carboxylic acid groups (broad SMARTS) is 1. The van der Waals surface area contributed by atoms with Gasteiger partial charge in [0, 0.05) is 30.8 Å². The van der Waals surface area contributed by atoms with Gasteiger partial charge in [0.2, 0.25) is 0 Å². The van der Waals surface area contributed by atoms with Crippen LogP contribution in [0.1, 0.15) is 27.8 Å². The lowest BCUT2D eigenvalue weighted by molar-refractivity contribution is -0.122. The van der Waals surface area contributed by atoms with Gasteiger partial charge >= 0.3 is 0 Å². The molecule has 0 aliphatic carbocycles. The molecule has 1 fully saturated rings. The van der Waals surface area contributed by atoms with Crippen LogP contribution >= 0.6 is 0 Å². The average molecular weight is 449 g/mol. The summed E-state index contributed by atoms with van der Waals surface area (Å²) in [6.07, 6.45) is 6.39. The van der Waals surface area contributed by atoms with Gasteiger partial charge in [-0.25, -0.2) is 18.4 Å². The molecule has 31 heavy (non-hydrogen) atoms. The second kappa shape index (κ2) is 8.71. The summed E-state index contributed by atoms with van der Waals surface area (Å²) in [5.74, 6) is 0.0319. The maximum absolute atomic E-state index is 12.7. The molecular weight excluding hydrogens is 426 g/mol. The zero-order valence-corrected chi connectivity index (χ0v) is 18.0. The molecule has 13 heteroatoms. The highest BCUT2D eigenvalue weighted by molar-refractivity contribution is 7.91. The number of hydrogen-bond acceptors (Lipinski definition) is 7. The van der Waals surface area contributed by atoms with Gasteiger partial charge in [0.1, 0.15) is 5.69 Å². The Labute approximate surface area is 178 Å². The summed E-state index contributed by atoms with van der Waals surface area (Å²) in [5.41, 5.74) is 2.63. The Morgan fingerprint density at radius 2 is 2.03 bits per heavy atom. The van der Waals surface area contributed by atoms with Crippen LogP contribution in [0, 0.1) is 13.8 Å². The van der Waals surface area contributed by atoms with E-state index in [1.807, 2.05) is 6.92 Å². The number of rotatable bonds is 4. The van der Waals surface area contributed by atoms with Crippen molar-refractivity contribution in [1.29, 1.82) is 0 Å². The van der Waals surface area contributed by atoms with Crippen molar-refractivity contribution >= 4 is 22.2 Å². The van der Waals surface area contributed by atoms with Crippen molar-refractivity contribution < 1.29 is 23.1 Å². The fourth-order valence-corrected chi connectivity index (χ4v) is 5.46. The third-order valence-electron chi connectivity index (χ3n) is 5.19. The number of aryl methyl sites for hydroxylation is 2. The number of carbonyl (C=O) groups is 2. The van der Waals surface area contributed by atoms with E-state index in [2.05, 4.69) is 25.4 Å². The molecule has 1 aliphatic rings. The second-order valence-electron chi connectivity index (χ2n) is 7.13. The van der Waals surface area contributed by atoms with E-state index >= 15 is 0 Å². The molecule has 0 aromatic carbocycles. The first-order valence-electron chi connectivity index (χ1n) is 9.29. The molecule has 3 aromatic rings. The van der Waals surface area contributed by atoms with Gasteiger partial charge in [0.05, 0.1) is 41.7 Å². The van der Waals surface area contributed by atoms with E-state index < -0.39 is 21.9 Å². The fraction of sp³-hybridized carbons (Fsp3) is 0.389. The van der Waals surface area contributed by atoms with Gasteiger partial charge in [-0.3, -0.25) is 14.3 Å². The molecule has 4 heterocycles. The smallest absolute Gasteiger partial charge is 0.290 e. The summed E-state index contributed by atoms with van der Waals surface area (Å²) in [6.45, 7) is 3.41. The van der Waals surface area contributed by atoms with Crippen molar-refractivity contribution in [3.05, 3.63) is 41.9 Å². The summed E-state index contributed by atoms with van der Waals surface area (Å²) >= 11 is 0. The number of hydrogen-bond donors (Lipinski definition) is 3. The predicted octanol–water partition coefficient (Wildman–Crippen LogP) is 0.0924. The third-order valence-corrected chi connectivity index (χ3v) is 6.90. The minimum Gasteiger partial charge on any atom is -0.483 e. The van der Waals surface area contributed by atoms with Crippen LogP contribution in [-0.2, 0) is 21.7 Å². The molecule has 2 atom stereocenters. The van der Waals surface area contributed by atoms with E-state index in [1.165, 1.54) is 6.20 Å². The Kier molecular flexibility index (Phi) is 6.24. The monoisotopic (exact) mass is 449 g/mol. The van der Waals surface area contributed by atoms with Gasteiger partial charge in [0.15, 0.2) is 15.7 Å². The number of nitrogens with one attached hydrogen (secondary N) is 2. The topological polar surface area (TPSA) is 165 Å². The third kappa shape index (κ3) is 4.50. The Morgan fingerprint density at radius 3 is 2.61 bits per heavy atom. The summed E-state index contributed by atoms with van der Waals surface area (Å²) < 4.78 is 28.1. The number of sulfone groups is 1. The summed E-state index contributed by atoms with van der Waals surface area (Å²) in [4.78, 5) is 32.7. The van der Waals surface area contributed by atoms with E-state index in [1.54, 1.807) is 41.9 Å². The fourth-order valence-electron chi connectivity index (χ4n) is 3.56. The lowest BCUT2D eigenvalue weighted by Gasteiger charge is -2.22. The zero-order chi connectivity index (χ0) is 22.8. The van der Waals surface area contributed by atoms with Gasteiger partial charge in [-0.05, 0) is 13.8 Å². The Morgan fingerprint density at radius 1 is 1.32 bits per heavy atom. The summed E-state index contributed by atoms with van der Waals surface area (Å²) in [7, 11) is -1.56. The maximum atomic E-state index is 12.7. The minimum atomic E-state index is -3.31. The molecule has 3 aromatic heterocycles. The molecule has 3 N–H and O–H groups in total. The van der Waals surface area contributed by atoms with Crippen molar-refractivity contribution in [2.75, 3.05) is 11.5 Å². The number of carbonyl (C=O) groups excluding carboxylic acids is 1. The van der Waals surface area contributed by atoms with E-state index in [-0.39, 0.29) is 23.9 Å². The molecular formula is C18H23N7O5S. The van der Waals surface area contributed by atoms with Gasteiger partial charge in [-0.15, -0.1) is 0 Å². The second-order valence-corrected chi connectivity index (χ2v) is 9.28. The molecule has 4 rings (SSSR count). The number of nitrogens with zero attached hydrogens (tertiary/aromatic N) is 5. The van der Waals surface area contributed by atoms with Crippen LogP contribution in [0.25, 0.3) is 11.5 Å². The average Bonchev–Trinajstić information content (AvgIpc) is 3.45. The molecule has 1 saturated heterocycles. The predicted molar refractivity (Wildman–Crippen MR) is 110 cm³/mol. The van der Waals surface area contributed by atoms with Crippen molar-refractivity contribution in [3.8, 4) is 11.5 Å². The van der Waals surface area contributed by atoms with Crippen LogP contribution in [-0.4, -0.2) is 72.8 Å². The van der Waals surface area contributed by atoms with Gasteiger partial charge < -0.3 is 20.0 Å². The quantitative estimate of drug-likeness (QED) is 0.472. The van der Waals surface area contributed by atoms with Crippen LogP contribution in [0.2, 0.25) is 0 Å². The number of imidazole rings is 2. The zero-order valence-electron chi connectivity index (χ0n) is 17.2. The van der Waals surface area contributed by atoms with Crippen LogP contribution in [0.5, 0.6) is 0 Å². The first-order chi connectivity index (χ1) is 14.7. The normalized spacial score (nSPS) is 19.5. The maximum Gasteiger partial charge on any atom is 0.290 e.